The Morgan fingerprint density at radius 1 is 1.25 bits per heavy atom. The number of hydrogen-bond donors (Lipinski definition) is 1. The third kappa shape index (κ3) is 2.39. The van der Waals surface area contributed by atoms with Gasteiger partial charge in [-0.1, -0.05) is 0 Å². The molecule has 0 fully saturated rings. The largest absolute Gasteiger partial charge is 0.491 e. The summed E-state index contributed by atoms with van der Waals surface area (Å²) >= 11 is 0. The van der Waals surface area contributed by atoms with Crippen molar-refractivity contribution in [3.63, 3.8) is 0 Å². The molecule has 0 saturated heterocycles. The van der Waals surface area contributed by atoms with Crippen molar-refractivity contribution in [1.82, 2.24) is 15.2 Å². The molecular formula is C12H15N3O. The Morgan fingerprint density at radius 3 is 2.69 bits per heavy atom. The normalized spacial score (nSPS) is 10.8. The van der Waals surface area contributed by atoms with Crippen molar-refractivity contribution >= 4 is 0 Å². The molecule has 1 aromatic carbocycles. The number of aryl methyl sites for hydroxylation is 1. The van der Waals surface area contributed by atoms with E-state index in [1.807, 2.05) is 39.0 Å². The van der Waals surface area contributed by atoms with Gasteiger partial charge in [-0.2, -0.15) is 5.10 Å². The molecule has 2 aromatic rings. The lowest BCUT2D eigenvalue weighted by molar-refractivity contribution is 0.242. The van der Waals surface area contributed by atoms with Crippen molar-refractivity contribution in [2.45, 2.75) is 26.9 Å². The Hall–Kier alpha value is -1.84. The highest BCUT2D eigenvalue weighted by atomic mass is 16.5. The predicted molar refractivity (Wildman–Crippen MR) is 62.3 cm³/mol. The van der Waals surface area contributed by atoms with Crippen LogP contribution in [0.5, 0.6) is 5.75 Å². The van der Waals surface area contributed by atoms with Crippen molar-refractivity contribution in [2.75, 3.05) is 0 Å². The Labute approximate surface area is 94.7 Å². The van der Waals surface area contributed by atoms with Crippen molar-refractivity contribution in [2.24, 2.45) is 0 Å². The molecule has 0 bridgehead atoms. The second-order valence-corrected chi connectivity index (χ2v) is 4.04. The lowest BCUT2D eigenvalue weighted by Gasteiger charge is -2.11. The summed E-state index contributed by atoms with van der Waals surface area (Å²) in [7, 11) is 0. The molecule has 0 amide bonds. The maximum atomic E-state index is 5.67. The molecule has 1 aromatic heterocycles. The van der Waals surface area contributed by atoms with E-state index in [9.17, 15) is 0 Å². The fourth-order valence-electron chi connectivity index (χ4n) is 1.57. The van der Waals surface area contributed by atoms with Crippen LogP contribution in [0.1, 0.15) is 19.4 Å². The van der Waals surface area contributed by atoms with Crippen LogP contribution in [-0.2, 0) is 0 Å². The van der Waals surface area contributed by atoms with Gasteiger partial charge in [-0.25, -0.2) is 4.98 Å². The molecule has 0 unspecified atom stereocenters. The molecule has 4 heteroatoms. The molecular weight excluding hydrogens is 202 g/mol. The fourth-order valence-corrected chi connectivity index (χ4v) is 1.57. The lowest BCUT2D eigenvalue weighted by Crippen LogP contribution is -2.05. The minimum absolute atomic E-state index is 0.171. The van der Waals surface area contributed by atoms with Gasteiger partial charge in [-0.15, -0.1) is 0 Å². The minimum atomic E-state index is 0.171. The number of benzene rings is 1. The number of nitrogens with zero attached hydrogens (tertiary/aromatic N) is 2. The first kappa shape index (κ1) is 10.7. The summed E-state index contributed by atoms with van der Waals surface area (Å²) in [4.78, 5) is 4.13. The molecule has 0 spiro atoms. The first-order chi connectivity index (χ1) is 7.65. The Bertz CT molecular complexity index is 463. The molecule has 1 heterocycles. The second kappa shape index (κ2) is 4.35. The summed E-state index contributed by atoms with van der Waals surface area (Å²) in [6.45, 7) is 6.06. The third-order valence-electron chi connectivity index (χ3n) is 2.11. The zero-order chi connectivity index (χ0) is 11.5. The smallest absolute Gasteiger partial charge is 0.155 e. The van der Waals surface area contributed by atoms with Gasteiger partial charge in [-0.05, 0) is 44.5 Å². The van der Waals surface area contributed by atoms with Crippen LogP contribution in [0.3, 0.4) is 0 Å². The van der Waals surface area contributed by atoms with Crippen LogP contribution >= 0.6 is 0 Å². The summed E-state index contributed by atoms with van der Waals surface area (Å²) in [5.74, 6) is 1.62. The maximum absolute atomic E-state index is 5.67. The molecule has 0 saturated carbocycles. The lowest BCUT2D eigenvalue weighted by atomic mass is 10.1. The van der Waals surface area contributed by atoms with E-state index < -0.39 is 0 Å². The molecule has 1 N–H and O–H groups in total. The molecule has 0 atom stereocenters. The van der Waals surface area contributed by atoms with Gasteiger partial charge in [0.25, 0.3) is 0 Å². The summed E-state index contributed by atoms with van der Waals surface area (Å²) < 4.78 is 5.67. The number of rotatable bonds is 3. The van der Waals surface area contributed by atoms with Crippen LogP contribution in [0.15, 0.2) is 24.5 Å². The van der Waals surface area contributed by atoms with Gasteiger partial charge in [0.2, 0.25) is 0 Å². The van der Waals surface area contributed by atoms with E-state index in [4.69, 9.17) is 4.74 Å². The summed E-state index contributed by atoms with van der Waals surface area (Å²) in [5, 5.41) is 6.69. The highest BCUT2D eigenvalue weighted by Crippen LogP contribution is 2.23. The fraction of sp³-hybridized carbons (Fsp3) is 0.333. The third-order valence-corrected chi connectivity index (χ3v) is 2.11. The van der Waals surface area contributed by atoms with E-state index in [0.717, 1.165) is 22.7 Å². The van der Waals surface area contributed by atoms with Crippen molar-refractivity contribution in [3.8, 4) is 17.1 Å². The zero-order valence-corrected chi connectivity index (χ0v) is 9.69. The molecule has 0 aliphatic heterocycles. The van der Waals surface area contributed by atoms with Crippen molar-refractivity contribution < 1.29 is 4.74 Å². The molecule has 0 aliphatic rings. The van der Waals surface area contributed by atoms with E-state index in [1.54, 1.807) is 0 Å². The first-order valence-electron chi connectivity index (χ1n) is 5.29. The van der Waals surface area contributed by atoms with E-state index in [0.29, 0.717) is 0 Å². The first-order valence-corrected chi connectivity index (χ1v) is 5.29. The second-order valence-electron chi connectivity index (χ2n) is 4.04. The summed E-state index contributed by atoms with van der Waals surface area (Å²) in [6.07, 6.45) is 1.67. The summed E-state index contributed by atoms with van der Waals surface area (Å²) in [6, 6.07) is 6.03. The van der Waals surface area contributed by atoms with Gasteiger partial charge >= 0.3 is 0 Å². The number of nitrogens with one attached hydrogen (secondary N) is 1. The number of aromatic amines is 1. The molecule has 2 rings (SSSR count). The number of ether oxygens (including phenoxy) is 1. The van der Waals surface area contributed by atoms with Crippen LogP contribution in [0, 0.1) is 6.92 Å². The van der Waals surface area contributed by atoms with E-state index in [-0.39, 0.29) is 6.10 Å². The van der Waals surface area contributed by atoms with E-state index in [2.05, 4.69) is 15.2 Å². The predicted octanol–water partition coefficient (Wildman–Crippen LogP) is 2.57. The van der Waals surface area contributed by atoms with E-state index in [1.165, 1.54) is 6.33 Å². The van der Waals surface area contributed by atoms with Crippen molar-refractivity contribution in [3.05, 3.63) is 30.1 Å². The Balaban J connectivity index is 2.36. The van der Waals surface area contributed by atoms with E-state index >= 15 is 0 Å². The average Bonchev–Trinajstić information content (AvgIpc) is 2.67. The van der Waals surface area contributed by atoms with Crippen LogP contribution in [0.25, 0.3) is 11.4 Å². The van der Waals surface area contributed by atoms with Crippen LogP contribution in [-0.4, -0.2) is 21.3 Å². The molecule has 84 valence electrons. The molecule has 4 nitrogen and oxygen atoms in total. The standard InChI is InChI=1S/C12H15N3O/c1-8(2)16-11-5-9(3)4-10(6-11)12-13-7-14-15-12/h4-8H,1-3H3,(H,13,14,15). The topological polar surface area (TPSA) is 50.8 Å². The molecule has 0 aliphatic carbocycles. The van der Waals surface area contributed by atoms with Crippen LogP contribution in [0.4, 0.5) is 0 Å². The summed E-state index contributed by atoms with van der Waals surface area (Å²) in [5.41, 5.74) is 2.14. The Morgan fingerprint density at radius 2 is 2.06 bits per heavy atom. The molecule has 0 radical (unpaired) electrons. The van der Waals surface area contributed by atoms with Gasteiger partial charge in [0.05, 0.1) is 6.10 Å². The van der Waals surface area contributed by atoms with Gasteiger partial charge in [0.15, 0.2) is 5.82 Å². The van der Waals surface area contributed by atoms with Crippen LogP contribution in [0.2, 0.25) is 0 Å². The zero-order valence-electron chi connectivity index (χ0n) is 9.69. The quantitative estimate of drug-likeness (QED) is 0.859. The van der Waals surface area contributed by atoms with Gasteiger partial charge in [-0.3, -0.25) is 5.10 Å². The Kier molecular flexibility index (Phi) is 2.90. The minimum Gasteiger partial charge on any atom is -0.491 e. The van der Waals surface area contributed by atoms with Gasteiger partial charge in [0.1, 0.15) is 12.1 Å². The van der Waals surface area contributed by atoms with Crippen LogP contribution < -0.4 is 4.74 Å². The van der Waals surface area contributed by atoms with Gasteiger partial charge in [0, 0.05) is 5.56 Å². The highest BCUT2D eigenvalue weighted by Gasteiger charge is 2.05. The van der Waals surface area contributed by atoms with Gasteiger partial charge < -0.3 is 4.74 Å². The number of H-pyrrole nitrogens is 1. The number of hydrogen-bond acceptors (Lipinski definition) is 3. The highest BCUT2D eigenvalue weighted by molar-refractivity contribution is 5.58. The maximum Gasteiger partial charge on any atom is 0.155 e. The monoisotopic (exact) mass is 217 g/mol. The van der Waals surface area contributed by atoms with Crippen molar-refractivity contribution in [1.29, 1.82) is 0 Å². The SMILES string of the molecule is Cc1cc(OC(C)C)cc(-c2ncn[nH]2)c1. The molecule has 16 heavy (non-hydrogen) atoms. The number of aromatic nitrogens is 3. The average molecular weight is 217 g/mol.